The van der Waals surface area contributed by atoms with Crippen LogP contribution in [0.3, 0.4) is 0 Å². The Labute approximate surface area is 93.1 Å². The van der Waals surface area contributed by atoms with Crippen LogP contribution in [0.4, 0.5) is 0 Å². The predicted octanol–water partition coefficient (Wildman–Crippen LogP) is -2.46. The van der Waals surface area contributed by atoms with E-state index in [0.717, 1.165) is 0 Å². The molecule has 0 saturated carbocycles. The fraction of sp³-hybridized carbons (Fsp3) is 0. The Hall–Kier alpha value is -0.550. The normalized spacial score (nSPS) is 8.42. The molecule has 4 nitrogen and oxygen atoms in total. The van der Waals surface area contributed by atoms with Gasteiger partial charge in [-0.1, -0.05) is 12.1 Å². The van der Waals surface area contributed by atoms with Crippen molar-refractivity contribution in [1.82, 2.24) is 0 Å². The van der Waals surface area contributed by atoms with Crippen LogP contribution < -0.4 is 35.5 Å². The predicted molar refractivity (Wildman–Crippen MR) is 38.8 cm³/mol. The second-order valence-electron chi connectivity index (χ2n) is 1.92. The summed E-state index contributed by atoms with van der Waals surface area (Å²) in [6.45, 7) is 0. The maximum atomic E-state index is 10.7. The minimum Gasteiger partial charge on any atom is -1.00 e. The van der Waals surface area contributed by atoms with Gasteiger partial charge in [-0.3, -0.25) is 0 Å². The van der Waals surface area contributed by atoms with Crippen LogP contribution in [0.2, 0.25) is 0 Å². The first-order valence-electron chi connectivity index (χ1n) is 2.94. The van der Waals surface area contributed by atoms with Gasteiger partial charge in [0.05, 0.1) is 0 Å². The summed E-state index contributed by atoms with van der Waals surface area (Å²) in [5, 5.41) is 9.06. The maximum absolute atomic E-state index is 10.7. The molecule has 0 saturated heterocycles. The van der Waals surface area contributed by atoms with Crippen LogP contribution in [0.15, 0.2) is 24.3 Å². The van der Waals surface area contributed by atoms with Crippen molar-refractivity contribution in [3.8, 4) is 5.75 Å². The fourth-order valence-electron chi connectivity index (χ4n) is 0.710. The summed E-state index contributed by atoms with van der Waals surface area (Å²) in [6.07, 6.45) is 0. The molecule has 0 heterocycles. The zero-order valence-corrected chi connectivity index (χ0v) is 8.65. The van der Waals surface area contributed by atoms with E-state index in [9.17, 15) is 4.79 Å². The second kappa shape index (κ2) is 5.16. The quantitative estimate of drug-likeness (QED) is 0.368. The standard InChI is InChI=1S/C7H7NO3.Na.H/c8-11-7(10)5-3-1-2-4-6(5)9;;/h1-4,9H,8H2;;/q;+1;-1. The first kappa shape index (κ1) is 11.4. The van der Waals surface area contributed by atoms with Gasteiger partial charge in [0.25, 0.3) is 0 Å². The molecule has 12 heavy (non-hydrogen) atoms. The SMILES string of the molecule is NOC(=O)c1ccccc1O.[H-].[Na+]. The van der Waals surface area contributed by atoms with Gasteiger partial charge in [-0.2, -0.15) is 5.90 Å². The number of nitrogens with two attached hydrogens (primary N) is 1. The van der Waals surface area contributed by atoms with E-state index in [1.165, 1.54) is 12.1 Å². The Morgan fingerprint density at radius 3 is 2.58 bits per heavy atom. The minimum absolute atomic E-state index is 0. The number of benzene rings is 1. The number of phenolic OH excluding ortho intramolecular Hbond substituents is 1. The molecule has 0 fully saturated rings. The average molecular weight is 177 g/mol. The van der Waals surface area contributed by atoms with Gasteiger partial charge in [-0.15, -0.1) is 0 Å². The molecule has 0 atom stereocenters. The van der Waals surface area contributed by atoms with E-state index in [4.69, 9.17) is 5.11 Å². The van der Waals surface area contributed by atoms with E-state index in [1.54, 1.807) is 12.1 Å². The van der Waals surface area contributed by atoms with Gasteiger partial charge in [0.2, 0.25) is 0 Å². The number of phenols is 1. The van der Waals surface area contributed by atoms with Crippen LogP contribution in [0, 0.1) is 0 Å². The molecule has 1 aromatic rings. The molecule has 0 aliphatic heterocycles. The summed E-state index contributed by atoms with van der Waals surface area (Å²) in [4.78, 5) is 14.6. The first-order chi connectivity index (χ1) is 5.25. The first-order valence-corrected chi connectivity index (χ1v) is 2.94. The van der Waals surface area contributed by atoms with Crippen molar-refractivity contribution < 1.29 is 45.7 Å². The number of carbonyl (C=O) groups is 1. The molecule has 1 aromatic carbocycles. The molecular weight excluding hydrogens is 169 g/mol. The Morgan fingerprint density at radius 1 is 1.50 bits per heavy atom. The molecule has 0 aromatic heterocycles. The van der Waals surface area contributed by atoms with E-state index in [2.05, 4.69) is 10.7 Å². The van der Waals surface area contributed by atoms with Crippen molar-refractivity contribution in [3.63, 3.8) is 0 Å². The van der Waals surface area contributed by atoms with Crippen molar-refractivity contribution in [3.05, 3.63) is 29.8 Å². The molecule has 1 rings (SSSR count). The van der Waals surface area contributed by atoms with Crippen LogP contribution in [-0.4, -0.2) is 11.1 Å². The zero-order valence-electron chi connectivity index (χ0n) is 7.65. The molecule has 0 bridgehead atoms. The molecule has 0 spiro atoms. The van der Waals surface area contributed by atoms with Crippen molar-refractivity contribution in [2.45, 2.75) is 0 Å². The van der Waals surface area contributed by atoms with Gasteiger partial charge in [0.15, 0.2) is 0 Å². The van der Waals surface area contributed by atoms with Crippen molar-refractivity contribution in [2.24, 2.45) is 5.90 Å². The summed E-state index contributed by atoms with van der Waals surface area (Å²) in [6, 6.07) is 6.01. The number of carbonyl (C=O) groups excluding carboxylic acids is 1. The number of aromatic hydroxyl groups is 1. The van der Waals surface area contributed by atoms with E-state index < -0.39 is 5.97 Å². The molecule has 0 unspecified atom stereocenters. The summed E-state index contributed by atoms with van der Waals surface area (Å²) in [5.41, 5.74) is 0.0648. The summed E-state index contributed by atoms with van der Waals surface area (Å²) in [7, 11) is 0. The topological polar surface area (TPSA) is 72.5 Å². The fourth-order valence-corrected chi connectivity index (χ4v) is 0.710. The smallest absolute Gasteiger partial charge is 1.00 e. The maximum Gasteiger partial charge on any atom is 1.00 e. The Balaban J connectivity index is 0. The van der Waals surface area contributed by atoms with Gasteiger partial charge >= 0.3 is 35.5 Å². The molecule has 5 heteroatoms. The van der Waals surface area contributed by atoms with Gasteiger partial charge < -0.3 is 11.4 Å². The van der Waals surface area contributed by atoms with Gasteiger partial charge in [0, 0.05) is 0 Å². The van der Waals surface area contributed by atoms with Crippen molar-refractivity contribution >= 4 is 5.97 Å². The molecule has 0 radical (unpaired) electrons. The number of rotatable bonds is 1. The summed E-state index contributed by atoms with van der Waals surface area (Å²) >= 11 is 0. The minimum atomic E-state index is -0.747. The molecule has 3 N–H and O–H groups in total. The van der Waals surface area contributed by atoms with Crippen molar-refractivity contribution in [2.75, 3.05) is 0 Å². The molecule has 0 aliphatic rings. The molecule has 0 amide bonds. The monoisotopic (exact) mass is 177 g/mol. The van der Waals surface area contributed by atoms with E-state index >= 15 is 0 Å². The summed E-state index contributed by atoms with van der Waals surface area (Å²) in [5.74, 6) is 3.73. The van der Waals surface area contributed by atoms with E-state index in [1.807, 2.05) is 0 Å². The zero-order chi connectivity index (χ0) is 8.27. The van der Waals surface area contributed by atoms with Gasteiger partial charge in [-0.25, -0.2) is 4.79 Å². The van der Waals surface area contributed by atoms with Crippen molar-refractivity contribution in [1.29, 1.82) is 0 Å². The van der Waals surface area contributed by atoms with E-state index in [0.29, 0.717) is 0 Å². The van der Waals surface area contributed by atoms with Gasteiger partial charge in [0.1, 0.15) is 11.3 Å². The Morgan fingerprint density at radius 2 is 2.08 bits per heavy atom. The largest absolute Gasteiger partial charge is 1.00 e. The Bertz CT molecular complexity index is 282. The van der Waals surface area contributed by atoms with Crippen LogP contribution in [-0.2, 0) is 4.84 Å². The summed E-state index contributed by atoms with van der Waals surface area (Å²) < 4.78 is 0. The van der Waals surface area contributed by atoms with Crippen LogP contribution >= 0.6 is 0 Å². The number of hydrogen-bond donors (Lipinski definition) is 2. The molecular formula is C7H8NNaO3. The third-order valence-electron chi connectivity index (χ3n) is 1.23. The number of hydrogen-bond acceptors (Lipinski definition) is 4. The Kier molecular flexibility index (Phi) is 4.92. The molecule has 60 valence electrons. The number of para-hydroxylation sites is 1. The van der Waals surface area contributed by atoms with E-state index in [-0.39, 0.29) is 42.3 Å². The van der Waals surface area contributed by atoms with Crippen LogP contribution in [0.25, 0.3) is 0 Å². The molecule has 0 aliphatic carbocycles. The van der Waals surface area contributed by atoms with Crippen LogP contribution in [0.1, 0.15) is 11.8 Å². The third kappa shape index (κ3) is 2.49. The second-order valence-corrected chi connectivity index (χ2v) is 1.92. The third-order valence-corrected chi connectivity index (χ3v) is 1.23. The average Bonchev–Trinajstić information content (AvgIpc) is 2.04. The van der Waals surface area contributed by atoms with Crippen LogP contribution in [0.5, 0.6) is 5.75 Å². The van der Waals surface area contributed by atoms with Gasteiger partial charge in [-0.05, 0) is 12.1 Å².